The summed E-state index contributed by atoms with van der Waals surface area (Å²) in [6, 6.07) is 8.88. The smallest absolute Gasteiger partial charge is 0.0113 e. The van der Waals surface area contributed by atoms with Crippen molar-refractivity contribution in [3.05, 3.63) is 59.7 Å². The molecule has 118 valence electrons. The van der Waals surface area contributed by atoms with Gasteiger partial charge >= 0.3 is 0 Å². The van der Waals surface area contributed by atoms with Crippen LogP contribution in [0.1, 0.15) is 65.5 Å². The van der Waals surface area contributed by atoms with E-state index in [2.05, 4.69) is 84.5 Å². The van der Waals surface area contributed by atoms with Crippen LogP contribution in [0.25, 0.3) is 11.1 Å². The highest BCUT2D eigenvalue weighted by molar-refractivity contribution is 5.76. The molecule has 0 spiro atoms. The minimum absolute atomic E-state index is 0.0858. The van der Waals surface area contributed by atoms with Crippen molar-refractivity contribution in [2.75, 3.05) is 0 Å². The molecule has 0 heteroatoms. The van der Waals surface area contributed by atoms with Crippen molar-refractivity contribution in [2.45, 2.75) is 54.4 Å². The molecule has 1 atom stereocenters. The van der Waals surface area contributed by atoms with E-state index in [0.29, 0.717) is 5.41 Å². The van der Waals surface area contributed by atoms with Crippen molar-refractivity contribution < 1.29 is 0 Å². The summed E-state index contributed by atoms with van der Waals surface area (Å²) >= 11 is 0. The molecule has 0 bridgehead atoms. The number of hydrogen-bond acceptors (Lipinski definition) is 0. The van der Waals surface area contributed by atoms with E-state index in [4.69, 9.17) is 0 Å². The first kappa shape index (κ1) is 16.8. The molecule has 1 aliphatic rings. The lowest BCUT2D eigenvalue weighted by molar-refractivity contribution is 0.311. The molecule has 0 saturated carbocycles. The van der Waals surface area contributed by atoms with Gasteiger partial charge in [-0.1, -0.05) is 81.8 Å². The van der Waals surface area contributed by atoms with E-state index in [1.54, 1.807) is 5.57 Å². The Kier molecular flexibility index (Phi) is 4.52. The third kappa shape index (κ3) is 2.72. The van der Waals surface area contributed by atoms with Crippen LogP contribution in [0.5, 0.6) is 0 Å². The molecule has 2 rings (SSSR count). The maximum absolute atomic E-state index is 4.03. The summed E-state index contributed by atoms with van der Waals surface area (Å²) in [5.41, 5.74) is 7.09. The van der Waals surface area contributed by atoms with Gasteiger partial charge in [0.1, 0.15) is 0 Å². The van der Waals surface area contributed by atoms with Crippen molar-refractivity contribution in [3.8, 4) is 0 Å². The van der Waals surface area contributed by atoms with Crippen molar-refractivity contribution in [1.29, 1.82) is 0 Å². The van der Waals surface area contributed by atoms with E-state index in [1.807, 2.05) is 0 Å². The first-order valence-electron chi connectivity index (χ1n) is 8.40. The molecule has 1 unspecified atom stereocenters. The van der Waals surface area contributed by atoms with Gasteiger partial charge in [-0.05, 0) is 48.8 Å². The Morgan fingerprint density at radius 2 is 1.77 bits per heavy atom. The molecule has 1 aromatic rings. The summed E-state index contributed by atoms with van der Waals surface area (Å²) in [7, 11) is 0. The molecule has 22 heavy (non-hydrogen) atoms. The minimum Gasteiger partial charge on any atom is -0.0955 e. The van der Waals surface area contributed by atoms with Gasteiger partial charge in [0.05, 0.1) is 0 Å². The van der Waals surface area contributed by atoms with E-state index in [0.717, 1.165) is 12.0 Å². The summed E-state index contributed by atoms with van der Waals surface area (Å²) in [6.07, 6.45) is 7.13. The highest BCUT2D eigenvalue weighted by Crippen LogP contribution is 2.55. The van der Waals surface area contributed by atoms with Crippen LogP contribution in [0.15, 0.2) is 48.6 Å². The van der Waals surface area contributed by atoms with Crippen LogP contribution in [0.3, 0.4) is 0 Å². The van der Waals surface area contributed by atoms with E-state index in [1.165, 1.54) is 23.1 Å². The molecule has 0 amide bonds. The fraction of sp³-hybridized carbons (Fsp3) is 0.455. The van der Waals surface area contributed by atoms with Gasteiger partial charge in [0.2, 0.25) is 0 Å². The first-order chi connectivity index (χ1) is 10.3. The molecule has 0 radical (unpaired) electrons. The van der Waals surface area contributed by atoms with Gasteiger partial charge in [0.25, 0.3) is 0 Å². The Morgan fingerprint density at radius 3 is 2.23 bits per heavy atom. The fourth-order valence-electron chi connectivity index (χ4n) is 4.05. The normalized spacial score (nSPS) is 25.9. The number of allylic oxidation sites excluding steroid dienone is 5. The zero-order valence-corrected chi connectivity index (χ0v) is 15.1. The highest BCUT2D eigenvalue weighted by atomic mass is 14.5. The molecular weight excluding hydrogens is 264 g/mol. The predicted octanol–water partition coefficient (Wildman–Crippen LogP) is 6.90. The van der Waals surface area contributed by atoms with Gasteiger partial charge in [0, 0.05) is 5.41 Å². The van der Waals surface area contributed by atoms with Crippen molar-refractivity contribution >= 4 is 11.1 Å². The molecule has 0 heterocycles. The van der Waals surface area contributed by atoms with Crippen LogP contribution in [0.4, 0.5) is 0 Å². The molecule has 0 aliphatic heterocycles. The average Bonchev–Trinajstić information content (AvgIpc) is 2.47. The summed E-state index contributed by atoms with van der Waals surface area (Å²) in [4.78, 5) is 0. The van der Waals surface area contributed by atoms with E-state index >= 15 is 0 Å². The Balaban J connectivity index is 2.49. The zero-order valence-electron chi connectivity index (χ0n) is 15.1. The van der Waals surface area contributed by atoms with Crippen LogP contribution >= 0.6 is 0 Å². The van der Waals surface area contributed by atoms with Gasteiger partial charge in [-0.25, -0.2) is 0 Å². The number of rotatable bonds is 3. The molecule has 1 aromatic carbocycles. The van der Waals surface area contributed by atoms with Gasteiger partial charge < -0.3 is 0 Å². The highest BCUT2D eigenvalue weighted by Gasteiger charge is 2.41. The monoisotopic (exact) mass is 294 g/mol. The quantitative estimate of drug-likeness (QED) is 0.532. The molecule has 0 N–H and O–H groups in total. The predicted molar refractivity (Wildman–Crippen MR) is 99.7 cm³/mol. The van der Waals surface area contributed by atoms with Crippen LogP contribution in [-0.4, -0.2) is 0 Å². The maximum Gasteiger partial charge on any atom is 0.0113 e. The summed E-state index contributed by atoms with van der Waals surface area (Å²) in [5, 5.41) is 0. The standard InChI is InChI=1S/C22H30/c1-8-20-21(5,6)19(14-15-22(20,7)9-2)18-12-10-17(11-13-18)16(3)4/h8,10-14H,3,9,15H2,1-2,4-7H3/b20-8-. The second-order valence-corrected chi connectivity index (χ2v) is 7.42. The molecule has 0 saturated heterocycles. The molecule has 0 fully saturated rings. The molecule has 0 nitrogen and oxygen atoms in total. The lowest BCUT2D eigenvalue weighted by Gasteiger charge is -2.46. The largest absolute Gasteiger partial charge is 0.0955 e. The number of hydrogen-bond donors (Lipinski definition) is 0. The van der Waals surface area contributed by atoms with Crippen LogP contribution in [-0.2, 0) is 0 Å². The van der Waals surface area contributed by atoms with Gasteiger partial charge in [-0.3, -0.25) is 0 Å². The fourth-order valence-corrected chi connectivity index (χ4v) is 4.05. The van der Waals surface area contributed by atoms with Crippen molar-refractivity contribution in [1.82, 2.24) is 0 Å². The Bertz CT molecular complexity index is 623. The van der Waals surface area contributed by atoms with Crippen molar-refractivity contribution in [3.63, 3.8) is 0 Å². The summed E-state index contributed by atoms with van der Waals surface area (Å²) < 4.78 is 0. The number of benzene rings is 1. The molecular formula is C22H30. The lowest BCUT2D eigenvalue weighted by atomic mass is 9.58. The second-order valence-electron chi connectivity index (χ2n) is 7.42. The minimum atomic E-state index is 0.0858. The SMILES string of the molecule is C=C(C)c1ccc(C2=CCC(C)(CC)/C(=C\C)C2(C)C)cc1. The van der Waals surface area contributed by atoms with Gasteiger partial charge in [0.15, 0.2) is 0 Å². The Hall–Kier alpha value is -1.56. The third-order valence-electron chi connectivity index (χ3n) is 5.51. The first-order valence-corrected chi connectivity index (χ1v) is 8.40. The lowest BCUT2D eigenvalue weighted by Crippen LogP contribution is -2.33. The maximum atomic E-state index is 4.03. The van der Waals surface area contributed by atoms with Crippen molar-refractivity contribution in [2.24, 2.45) is 10.8 Å². The van der Waals surface area contributed by atoms with E-state index in [9.17, 15) is 0 Å². The average molecular weight is 294 g/mol. The second kappa shape index (κ2) is 5.91. The summed E-state index contributed by atoms with van der Waals surface area (Å²) in [5.74, 6) is 0. The third-order valence-corrected chi connectivity index (χ3v) is 5.51. The van der Waals surface area contributed by atoms with Crippen LogP contribution < -0.4 is 0 Å². The Labute approximate surface area is 136 Å². The van der Waals surface area contributed by atoms with Crippen LogP contribution in [0, 0.1) is 10.8 Å². The summed E-state index contributed by atoms with van der Waals surface area (Å²) in [6.45, 7) is 17.7. The van der Waals surface area contributed by atoms with Gasteiger partial charge in [-0.2, -0.15) is 0 Å². The Morgan fingerprint density at radius 1 is 1.18 bits per heavy atom. The van der Waals surface area contributed by atoms with E-state index in [-0.39, 0.29) is 5.41 Å². The van der Waals surface area contributed by atoms with Crippen LogP contribution in [0.2, 0.25) is 0 Å². The van der Waals surface area contributed by atoms with E-state index < -0.39 is 0 Å². The topological polar surface area (TPSA) is 0 Å². The zero-order chi connectivity index (χ0) is 16.5. The molecule has 0 aromatic heterocycles. The molecule has 1 aliphatic carbocycles. The van der Waals surface area contributed by atoms with Gasteiger partial charge in [-0.15, -0.1) is 0 Å².